The first-order valence-electron chi connectivity index (χ1n) is 5.83. The quantitative estimate of drug-likeness (QED) is 0.611. The maximum absolute atomic E-state index is 10.6. The van der Waals surface area contributed by atoms with E-state index in [1.807, 2.05) is 18.2 Å². The molecule has 0 aliphatic heterocycles. The first kappa shape index (κ1) is 15.2. The molecule has 1 N–H and O–H groups in total. The molecule has 4 nitrogen and oxygen atoms in total. The highest BCUT2D eigenvalue weighted by Gasteiger charge is 2.13. The van der Waals surface area contributed by atoms with E-state index in [-0.39, 0.29) is 5.69 Å². The van der Waals surface area contributed by atoms with Gasteiger partial charge in [0.25, 0.3) is 5.69 Å². The molecule has 0 aromatic heterocycles. The van der Waals surface area contributed by atoms with Crippen molar-refractivity contribution in [2.75, 3.05) is 0 Å². The molecule has 0 bridgehead atoms. The van der Waals surface area contributed by atoms with Gasteiger partial charge in [-0.3, -0.25) is 10.1 Å². The molecule has 2 rings (SSSR count). The lowest BCUT2D eigenvalue weighted by molar-refractivity contribution is -0.384. The molecule has 0 radical (unpaired) electrons. The lowest BCUT2D eigenvalue weighted by Crippen LogP contribution is -2.03. The fourth-order valence-electron chi connectivity index (χ4n) is 1.86. The zero-order valence-corrected chi connectivity index (χ0v) is 13.5. The van der Waals surface area contributed by atoms with Gasteiger partial charge in [-0.25, -0.2) is 0 Å². The van der Waals surface area contributed by atoms with E-state index >= 15 is 0 Å². The minimum absolute atomic E-state index is 0.0480. The molecule has 0 amide bonds. The molecule has 2 aromatic rings. The van der Waals surface area contributed by atoms with E-state index < -0.39 is 11.0 Å². The van der Waals surface area contributed by atoms with Gasteiger partial charge in [0.1, 0.15) is 0 Å². The van der Waals surface area contributed by atoms with Crippen LogP contribution in [0.5, 0.6) is 0 Å². The van der Waals surface area contributed by atoms with Crippen molar-refractivity contribution in [1.29, 1.82) is 0 Å². The maximum atomic E-state index is 10.6. The van der Waals surface area contributed by atoms with Crippen molar-refractivity contribution in [2.24, 2.45) is 0 Å². The predicted molar refractivity (Wildman–Crippen MR) is 83.6 cm³/mol. The fourth-order valence-corrected chi connectivity index (χ4v) is 2.75. The third kappa shape index (κ3) is 3.65. The minimum atomic E-state index is -0.677. The maximum Gasteiger partial charge on any atom is 0.269 e. The molecule has 1 atom stereocenters. The smallest absolute Gasteiger partial charge is 0.269 e. The van der Waals surface area contributed by atoms with Gasteiger partial charge in [-0.1, -0.05) is 44.0 Å². The van der Waals surface area contributed by atoms with E-state index in [0.717, 1.165) is 20.1 Å². The van der Waals surface area contributed by atoms with Gasteiger partial charge in [-0.2, -0.15) is 0 Å². The number of halogens is 2. The lowest BCUT2D eigenvalue weighted by atomic mass is 10.0. The summed E-state index contributed by atoms with van der Waals surface area (Å²) in [6.07, 6.45) is -0.282. The number of nitro groups is 1. The number of nitro benzene ring substituents is 1. The summed E-state index contributed by atoms with van der Waals surface area (Å²) in [7, 11) is 0. The second-order valence-electron chi connectivity index (χ2n) is 4.31. The number of nitrogens with zero attached hydrogens (tertiary/aromatic N) is 1. The van der Waals surface area contributed by atoms with Crippen molar-refractivity contribution >= 4 is 37.5 Å². The van der Waals surface area contributed by atoms with Gasteiger partial charge in [0.05, 0.1) is 11.0 Å². The highest BCUT2D eigenvalue weighted by Crippen LogP contribution is 2.29. The molecule has 0 saturated carbocycles. The van der Waals surface area contributed by atoms with Crippen LogP contribution in [0.1, 0.15) is 17.2 Å². The molecule has 0 aliphatic carbocycles. The summed E-state index contributed by atoms with van der Waals surface area (Å²) >= 11 is 6.77. The Balaban J connectivity index is 2.16. The van der Waals surface area contributed by atoms with E-state index in [4.69, 9.17) is 0 Å². The molecular weight excluding hydrogens is 390 g/mol. The average molecular weight is 401 g/mol. The van der Waals surface area contributed by atoms with Crippen LogP contribution in [0.15, 0.2) is 51.4 Å². The van der Waals surface area contributed by atoms with Gasteiger partial charge < -0.3 is 5.11 Å². The predicted octanol–water partition coefficient (Wildman–Crippen LogP) is 4.40. The minimum Gasteiger partial charge on any atom is -0.388 e. The van der Waals surface area contributed by atoms with Crippen LogP contribution in [0.25, 0.3) is 0 Å². The number of hydrogen-bond acceptors (Lipinski definition) is 3. The lowest BCUT2D eigenvalue weighted by Gasteiger charge is -2.13. The van der Waals surface area contributed by atoms with Gasteiger partial charge >= 0.3 is 0 Å². The molecule has 20 heavy (non-hydrogen) atoms. The van der Waals surface area contributed by atoms with Gasteiger partial charge in [-0.05, 0) is 29.3 Å². The number of benzene rings is 2. The number of hydrogen-bond donors (Lipinski definition) is 1. The van der Waals surface area contributed by atoms with Crippen LogP contribution in [0.3, 0.4) is 0 Å². The topological polar surface area (TPSA) is 63.4 Å². The van der Waals surface area contributed by atoms with Crippen LogP contribution in [0, 0.1) is 10.1 Å². The van der Waals surface area contributed by atoms with Crippen LogP contribution in [0.4, 0.5) is 5.69 Å². The van der Waals surface area contributed by atoms with Gasteiger partial charge in [0.15, 0.2) is 0 Å². The van der Waals surface area contributed by atoms with Crippen molar-refractivity contribution < 1.29 is 10.0 Å². The van der Waals surface area contributed by atoms with Crippen molar-refractivity contribution in [3.63, 3.8) is 0 Å². The monoisotopic (exact) mass is 399 g/mol. The summed E-state index contributed by atoms with van der Waals surface area (Å²) < 4.78 is 1.72. The molecule has 2 aromatic carbocycles. The van der Waals surface area contributed by atoms with E-state index in [2.05, 4.69) is 31.9 Å². The van der Waals surface area contributed by atoms with E-state index in [1.54, 1.807) is 12.1 Å². The van der Waals surface area contributed by atoms with Crippen molar-refractivity contribution in [2.45, 2.75) is 12.5 Å². The standard InChI is InChI=1S/C14H11Br2NO3/c15-10-3-6-13(16)12(8-10)14(18)7-9-1-4-11(5-2-9)17(19)20/h1-6,8,14,18H,7H2. The van der Waals surface area contributed by atoms with E-state index in [9.17, 15) is 15.2 Å². The first-order valence-corrected chi connectivity index (χ1v) is 7.42. The number of non-ortho nitro benzene ring substituents is 1. The normalized spacial score (nSPS) is 12.2. The SMILES string of the molecule is O=[N+]([O-])c1ccc(CC(O)c2cc(Br)ccc2Br)cc1. The molecule has 0 saturated heterocycles. The van der Waals surface area contributed by atoms with Crippen LogP contribution in [0.2, 0.25) is 0 Å². The molecule has 6 heteroatoms. The summed E-state index contributed by atoms with van der Waals surface area (Å²) in [6.45, 7) is 0. The zero-order valence-electron chi connectivity index (χ0n) is 10.3. The van der Waals surface area contributed by atoms with E-state index in [1.165, 1.54) is 12.1 Å². The van der Waals surface area contributed by atoms with Gasteiger partial charge in [0, 0.05) is 27.5 Å². The fraction of sp³-hybridized carbons (Fsp3) is 0.143. The Morgan fingerprint density at radius 3 is 2.40 bits per heavy atom. The summed E-state index contributed by atoms with van der Waals surface area (Å²) in [5.74, 6) is 0. The van der Waals surface area contributed by atoms with Crippen LogP contribution in [-0.4, -0.2) is 10.0 Å². The van der Waals surface area contributed by atoms with Crippen molar-refractivity contribution in [3.05, 3.63) is 72.7 Å². The molecule has 0 heterocycles. The molecule has 0 fully saturated rings. The second-order valence-corrected chi connectivity index (χ2v) is 6.08. The summed E-state index contributed by atoms with van der Waals surface area (Å²) in [5, 5.41) is 20.9. The summed E-state index contributed by atoms with van der Waals surface area (Å²) in [6, 6.07) is 11.8. The van der Waals surface area contributed by atoms with Crippen LogP contribution in [-0.2, 0) is 6.42 Å². The summed E-state index contributed by atoms with van der Waals surface area (Å²) in [5.41, 5.74) is 1.67. The Bertz CT molecular complexity index is 629. The highest BCUT2D eigenvalue weighted by atomic mass is 79.9. The molecule has 0 aliphatic rings. The van der Waals surface area contributed by atoms with Gasteiger partial charge in [-0.15, -0.1) is 0 Å². The van der Waals surface area contributed by atoms with Crippen LogP contribution >= 0.6 is 31.9 Å². The molecular formula is C14H11Br2NO3. The van der Waals surface area contributed by atoms with Crippen LogP contribution < -0.4 is 0 Å². The zero-order chi connectivity index (χ0) is 14.7. The third-order valence-electron chi connectivity index (χ3n) is 2.89. The number of aliphatic hydroxyl groups excluding tert-OH is 1. The largest absolute Gasteiger partial charge is 0.388 e. The molecule has 1 unspecified atom stereocenters. The average Bonchev–Trinajstić information content (AvgIpc) is 2.42. The Labute approximate surface area is 132 Å². The highest BCUT2D eigenvalue weighted by molar-refractivity contribution is 9.11. The van der Waals surface area contributed by atoms with E-state index in [0.29, 0.717) is 6.42 Å². The van der Waals surface area contributed by atoms with Gasteiger partial charge in [0.2, 0.25) is 0 Å². The Kier molecular flexibility index (Phi) is 4.91. The molecule has 0 spiro atoms. The van der Waals surface area contributed by atoms with Crippen molar-refractivity contribution in [1.82, 2.24) is 0 Å². The van der Waals surface area contributed by atoms with Crippen molar-refractivity contribution in [3.8, 4) is 0 Å². The first-order chi connectivity index (χ1) is 9.47. The Morgan fingerprint density at radius 2 is 1.80 bits per heavy atom. The third-order valence-corrected chi connectivity index (χ3v) is 4.11. The Hall–Kier alpha value is -1.24. The Morgan fingerprint density at radius 1 is 1.15 bits per heavy atom. The number of aliphatic hydroxyl groups is 1. The second kappa shape index (κ2) is 6.47. The summed E-state index contributed by atoms with van der Waals surface area (Å²) in [4.78, 5) is 10.1. The molecule has 104 valence electrons. The number of rotatable bonds is 4.